The van der Waals surface area contributed by atoms with Gasteiger partial charge in [0.2, 0.25) is 0 Å². The van der Waals surface area contributed by atoms with E-state index in [4.69, 9.17) is 18.9 Å². The van der Waals surface area contributed by atoms with Crippen LogP contribution in [0, 0.1) is 11.8 Å². The lowest BCUT2D eigenvalue weighted by atomic mass is 9.92. The maximum absolute atomic E-state index is 12.7. The average molecular weight is 1200 g/mol. The van der Waals surface area contributed by atoms with Crippen molar-refractivity contribution in [2.75, 3.05) is 44.4 Å². The first-order chi connectivity index (χ1) is 41.2. The number of benzene rings is 2. The second-order valence-corrected chi connectivity index (χ2v) is 26.6. The number of hydrogen-bond acceptors (Lipinski definition) is 11. The van der Waals surface area contributed by atoms with E-state index < -0.39 is 0 Å². The molecule has 1 aliphatic rings. The van der Waals surface area contributed by atoms with E-state index in [0.717, 1.165) is 151 Å². The molecule has 0 radical (unpaired) electrons. The molecule has 11 heteroatoms. The minimum Gasteiger partial charge on any atom is -0.465 e. The third-order valence-electron chi connectivity index (χ3n) is 16.3. The smallest absolute Gasteiger partial charge is 0.311 e. The van der Waals surface area contributed by atoms with Crippen molar-refractivity contribution < 1.29 is 38.1 Å². The summed E-state index contributed by atoms with van der Waals surface area (Å²) in [5.41, 5.74) is 3.01. The van der Waals surface area contributed by atoms with Crippen LogP contribution in [-0.4, -0.2) is 73.1 Å². The number of carbonyl (C=O) groups excluding carboxylic acids is 4. The summed E-state index contributed by atoms with van der Waals surface area (Å²) in [7, 11) is 3.91. The number of esters is 4. The summed E-state index contributed by atoms with van der Waals surface area (Å²) in [6.45, 7) is 15.3. The molecule has 1 aliphatic heterocycles. The van der Waals surface area contributed by atoms with Crippen LogP contribution in [0.5, 0.6) is 11.5 Å². The molecule has 1 heterocycles. The molecular weight excluding hydrogens is 1080 g/mol. The number of piperidine rings is 1. The number of unbranched alkanes of at least 4 members (excludes halogenated alkanes) is 22. The molecule has 3 rings (SSSR count). The van der Waals surface area contributed by atoms with Crippen LogP contribution in [0.1, 0.15) is 269 Å². The summed E-state index contributed by atoms with van der Waals surface area (Å²) >= 11 is 0. The van der Waals surface area contributed by atoms with Gasteiger partial charge in [-0.15, -0.1) is 0 Å². The molecule has 0 spiro atoms. The van der Waals surface area contributed by atoms with Crippen molar-refractivity contribution >= 4 is 45.5 Å². The summed E-state index contributed by atoms with van der Waals surface area (Å²) in [6, 6.07) is 14.5. The van der Waals surface area contributed by atoms with Gasteiger partial charge in [0.25, 0.3) is 0 Å². The van der Waals surface area contributed by atoms with E-state index in [-0.39, 0.29) is 36.7 Å². The molecule has 2 aromatic rings. The molecule has 0 bridgehead atoms. The minimum absolute atomic E-state index is 0.199. The maximum atomic E-state index is 12.7. The van der Waals surface area contributed by atoms with Crippen molar-refractivity contribution in [2.45, 2.75) is 271 Å². The second kappa shape index (κ2) is 52.3. The third-order valence-corrected chi connectivity index (χ3v) is 18.7. The zero-order chi connectivity index (χ0) is 60.2. The van der Waals surface area contributed by atoms with Gasteiger partial charge in [-0.05, 0) is 169 Å². The zero-order valence-electron chi connectivity index (χ0n) is 53.3. The van der Waals surface area contributed by atoms with E-state index in [2.05, 4.69) is 56.6 Å². The summed E-state index contributed by atoms with van der Waals surface area (Å²) in [4.78, 5) is 52.8. The lowest BCUT2D eigenvalue weighted by molar-refractivity contribution is -0.144. The number of carbonyl (C=O) groups is 4. The van der Waals surface area contributed by atoms with Gasteiger partial charge in [0.15, 0.2) is 0 Å². The largest absolute Gasteiger partial charge is 0.465 e. The SMILES string of the molecule is C=C(CCSSCCN1CCC(CCOC(=O)Cc2ccc(OC(=O)CCCCCCC/C=C\CCCCCCCC)cc2)CC1)CCC(CCC)CCOC(=O)Cc1ccc(OC(=O)CCCCCCC/C=C\CCCCCCCC)cc1. The predicted octanol–water partition coefficient (Wildman–Crippen LogP) is 20.5. The van der Waals surface area contributed by atoms with Crippen LogP contribution in [-0.2, 0) is 41.5 Å². The van der Waals surface area contributed by atoms with Crippen LogP contribution >= 0.6 is 21.6 Å². The molecular formula is C73H117NO8S2. The molecule has 0 aromatic heterocycles. The number of hydrogen-bond donors (Lipinski definition) is 0. The number of allylic oxidation sites excluding steroid dienone is 5. The van der Waals surface area contributed by atoms with Crippen LogP contribution in [0.4, 0.5) is 0 Å². The van der Waals surface area contributed by atoms with Crippen LogP contribution in [0.25, 0.3) is 0 Å². The highest BCUT2D eigenvalue weighted by molar-refractivity contribution is 8.76. The van der Waals surface area contributed by atoms with Crippen LogP contribution in [0.2, 0.25) is 0 Å². The molecule has 1 saturated heterocycles. The Morgan fingerprint density at radius 2 is 0.917 bits per heavy atom. The molecule has 0 amide bonds. The quantitative estimate of drug-likeness (QED) is 0.0208. The molecule has 0 aliphatic carbocycles. The molecule has 84 heavy (non-hydrogen) atoms. The maximum Gasteiger partial charge on any atom is 0.311 e. The Morgan fingerprint density at radius 1 is 0.488 bits per heavy atom. The molecule has 9 nitrogen and oxygen atoms in total. The topological polar surface area (TPSA) is 108 Å². The Balaban J connectivity index is 1.11. The van der Waals surface area contributed by atoms with Crippen LogP contribution in [0.3, 0.4) is 0 Å². The second-order valence-electron chi connectivity index (χ2n) is 23.9. The summed E-state index contributed by atoms with van der Waals surface area (Å²) in [6.07, 6.45) is 52.0. The standard InChI is InChI=1S/C73H117NO8S2/c1-5-8-10-12-14-16-18-20-22-24-26-28-30-32-34-37-70(75)81-68-45-41-66(42-46-68)61-72(77)79-57-51-64(36-7-3)40-39-63(4)53-59-83-84-60-56-74-54-49-65(50-55-74)52-58-80-73(78)62-67-43-47-69(48-44-67)82-71(76)38-35-33-31-29-27-25-23-21-19-17-15-13-11-9-6-2/h20-23,41-48,64-65H,4-19,24-40,49-62H2,1-3H3/b22-20-,23-21-. The van der Waals surface area contributed by atoms with Gasteiger partial charge in [0.1, 0.15) is 11.5 Å². The Kier molecular flexibility index (Phi) is 46.4. The highest BCUT2D eigenvalue weighted by Gasteiger charge is 2.20. The van der Waals surface area contributed by atoms with Crippen molar-refractivity contribution in [3.05, 3.63) is 96.1 Å². The van der Waals surface area contributed by atoms with E-state index >= 15 is 0 Å². The fourth-order valence-corrected chi connectivity index (χ4v) is 13.0. The lowest BCUT2D eigenvalue weighted by Gasteiger charge is -2.31. The van der Waals surface area contributed by atoms with Crippen LogP contribution in [0.15, 0.2) is 85.0 Å². The van der Waals surface area contributed by atoms with Crippen molar-refractivity contribution in [1.29, 1.82) is 0 Å². The molecule has 2 aromatic carbocycles. The molecule has 0 saturated carbocycles. The first kappa shape index (κ1) is 74.5. The number of ether oxygens (including phenoxy) is 4. The van der Waals surface area contributed by atoms with Gasteiger partial charge in [-0.25, -0.2) is 0 Å². The Morgan fingerprint density at radius 3 is 1.38 bits per heavy atom. The van der Waals surface area contributed by atoms with Crippen molar-refractivity contribution in [1.82, 2.24) is 4.90 Å². The number of nitrogens with zero attached hydrogens (tertiary/aromatic N) is 1. The Hall–Kier alpha value is -3.80. The summed E-state index contributed by atoms with van der Waals surface area (Å²) in [5, 5.41) is 0. The van der Waals surface area contributed by atoms with E-state index in [0.29, 0.717) is 49.4 Å². The van der Waals surface area contributed by atoms with E-state index in [1.807, 2.05) is 45.9 Å². The molecule has 474 valence electrons. The van der Waals surface area contributed by atoms with E-state index in [1.165, 1.54) is 121 Å². The van der Waals surface area contributed by atoms with E-state index in [9.17, 15) is 19.2 Å². The summed E-state index contributed by atoms with van der Waals surface area (Å²) < 4.78 is 22.4. The monoisotopic (exact) mass is 1200 g/mol. The zero-order valence-corrected chi connectivity index (χ0v) is 55.0. The third kappa shape index (κ3) is 42.1. The highest BCUT2D eigenvalue weighted by Crippen LogP contribution is 2.28. The first-order valence-corrected chi connectivity index (χ1v) is 36.5. The average Bonchev–Trinajstić information content (AvgIpc) is 3.51. The van der Waals surface area contributed by atoms with Crippen molar-refractivity contribution in [2.24, 2.45) is 11.8 Å². The Labute approximate surface area is 520 Å². The Bertz CT molecular complexity index is 2030. The van der Waals surface area contributed by atoms with Crippen LogP contribution < -0.4 is 9.47 Å². The number of rotatable bonds is 54. The van der Waals surface area contributed by atoms with Gasteiger partial charge < -0.3 is 23.8 Å². The highest BCUT2D eigenvalue weighted by atomic mass is 33.1. The van der Waals surface area contributed by atoms with Gasteiger partial charge in [-0.2, -0.15) is 0 Å². The fraction of sp³-hybridized carbons (Fsp3) is 0.699. The van der Waals surface area contributed by atoms with E-state index in [1.54, 1.807) is 24.3 Å². The molecule has 0 N–H and O–H groups in total. The molecule has 1 fully saturated rings. The normalized spacial score (nSPS) is 13.4. The van der Waals surface area contributed by atoms with Gasteiger partial charge in [-0.3, -0.25) is 19.2 Å². The number of likely N-dealkylation sites (tertiary alicyclic amines) is 1. The fourth-order valence-electron chi connectivity index (χ4n) is 10.9. The van der Waals surface area contributed by atoms with Crippen molar-refractivity contribution in [3.63, 3.8) is 0 Å². The van der Waals surface area contributed by atoms with Gasteiger partial charge in [0, 0.05) is 30.9 Å². The molecule has 1 atom stereocenters. The van der Waals surface area contributed by atoms with Gasteiger partial charge in [-0.1, -0.05) is 219 Å². The predicted molar refractivity (Wildman–Crippen MR) is 357 cm³/mol. The first-order valence-electron chi connectivity index (χ1n) is 34.0. The van der Waals surface area contributed by atoms with Gasteiger partial charge >= 0.3 is 23.9 Å². The van der Waals surface area contributed by atoms with Gasteiger partial charge in [0.05, 0.1) is 26.1 Å². The summed E-state index contributed by atoms with van der Waals surface area (Å²) in [5.74, 6) is 3.47. The van der Waals surface area contributed by atoms with Crippen molar-refractivity contribution in [3.8, 4) is 11.5 Å². The molecule has 1 unspecified atom stereocenters. The minimum atomic E-state index is -0.227. The lowest BCUT2D eigenvalue weighted by Crippen LogP contribution is -2.35.